The number of rotatable bonds is 2. The van der Waals surface area contributed by atoms with Gasteiger partial charge in [-0.1, -0.05) is 12.1 Å². The fourth-order valence-corrected chi connectivity index (χ4v) is 2.18. The number of amides is 1. The van der Waals surface area contributed by atoms with Crippen LogP contribution in [-0.4, -0.2) is 42.7 Å². The van der Waals surface area contributed by atoms with Crippen LogP contribution in [0, 0.1) is 11.6 Å². The van der Waals surface area contributed by atoms with Crippen molar-refractivity contribution in [2.45, 2.75) is 18.3 Å². The number of nitrogens with zero attached hydrogens (tertiary/aromatic N) is 1. The summed E-state index contributed by atoms with van der Waals surface area (Å²) < 4.78 is 69.8. The van der Waals surface area contributed by atoms with Gasteiger partial charge in [0.1, 0.15) is 18.7 Å². The van der Waals surface area contributed by atoms with Crippen molar-refractivity contribution in [1.29, 1.82) is 0 Å². The normalized spacial score (nSPS) is 23.5. The number of carbonyl (C=O) groups excluding carboxylic acids is 1. The van der Waals surface area contributed by atoms with E-state index >= 15 is 0 Å². The molecular formula is C13H13F5N2O2. The van der Waals surface area contributed by atoms with E-state index in [-0.39, 0.29) is 12.2 Å². The van der Waals surface area contributed by atoms with Gasteiger partial charge in [-0.05, 0) is 6.07 Å². The van der Waals surface area contributed by atoms with Gasteiger partial charge in [-0.25, -0.2) is 8.78 Å². The lowest BCUT2D eigenvalue weighted by atomic mass is 10.1. The summed E-state index contributed by atoms with van der Waals surface area (Å²) in [4.78, 5) is 12.3. The molecule has 1 aromatic carbocycles. The van der Waals surface area contributed by atoms with Gasteiger partial charge in [-0.3, -0.25) is 4.79 Å². The number of ether oxygens (including phenoxy) is 1. The maximum Gasteiger partial charge on any atom is 0.406 e. The van der Waals surface area contributed by atoms with E-state index in [1.54, 1.807) is 0 Å². The summed E-state index contributed by atoms with van der Waals surface area (Å²) in [6, 6.07) is 1.98. The predicted molar refractivity (Wildman–Crippen MR) is 65.7 cm³/mol. The summed E-state index contributed by atoms with van der Waals surface area (Å²) in [5, 5.41) is 0. The Labute approximate surface area is 122 Å². The number of alkyl halides is 3. The van der Waals surface area contributed by atoms with E-state index in [9.17, 15) is 26.7 Å². The standard InChI is InChI=1S/C13H13F5N2O2/c14-8-3-1-2-7(11(8)15)10-4-20(6-13(16,17)18)12(21)9(19)5-22-10/h1-3,9-10H,4-6,19H2. The van der Waals surface area contributed by atoms with Crippen molar-refractivity contribution in [2.75, 3.05) is 19.7 Å². The Bertz CT molecular complexity index is 564. The Kier molecular flexibility index (Phi) is 4.66. The number of nitrogens with two attached hydrogens (primary N) is 1. The molecule has 1 amide bonds. The first-order valence-corrected chi connectivity index (χ1v) is 6.35. The molecule has 4 nitrogen and oxygen atoms in total. The zero-order chi connectivity index (χ0) is 16.5. The fraction of sp³-hybridized carbons (Fsp3) is 0.462. The lowest BCUT2D eigenvalue weighted by Gasteiger charge is -2.26. The molecule has 2 rings (SSSR count). The van der Waals surface area contributed by atoms with Crippen LogP contribution >= 0.6 is 0 Å². The zero-order valence-electron chi connectivity index (χ0n) is 11.2. The van der Waals surface area contributed by atoms with Crippen molar-refractivity contribution in [3.05, 3.63) is 35.4 Å². The average Bonchev–Trinajstić information content (AvgIpc) is 2.54. The zero-order valence-corrected chi connectivity index (χ0v) is 11.2. The largest absolute Gasteiger partial charge is 0.406 e. The quantitative estimate of drug-likeness (QED) is 0.844. The van der Waals surface area contributed by atoms with Crippen LogP contribution in [0.5, 0.6) is 0 Å². The van der Waals surface area contributed by atoms with Crippen molar-refractivity contribution in [2.24, 2.45) is 5.73 Å². The molecule has 0 aromatic heterocycles. The average molecular weight is 324 g/mol. The minimum atomic E-state index is -4.63. The van der Waals surface area contributed by atoms with Crippen LogP contribution in [0.15, 0.2) is 18.2 Å². The lowest BCUT2D eigenvalue weighted by molar-refractivity contribution is -0.162. The van der Waals surface area contributed by atoms with Gasteiger partial charge in [-0.2, -0.15) is 13.2 Å². The number of hydrogen-bond donors (Lipinski definition) is 1. The summed E-state index contributed by atoms with van der Waals surface area (Å²) >= 11 is 0. The van der Waals surface area contributed by atoms with E-state index in [0.29, 0.717) is 4.90 Å². The molecule has 9 heteroatoms. The first-order chi connectivity index (χ1) is 10.2. The van der Waals surface area contributed by atoms with E-state index in [2.05, 4.69) is 0 Å². The molecule has 0 saturated carbocycles. The predicted octanol–water partition coefficient (Wildman–Crippen LogP) is 1.75. The summed E-state index contributed by atoms with van der Waals surface area (Å²) in [5.74, 6) is -3.32. The molecule has 0 aliphatic carbocycles. The van der Waals surface area contributed by atoms with Gasteiger partial charge in [0.2, 0.25) is 5.91 Å². The van der Waals surface area contributed by atoms with E-state index in [4.69, 9.17) is 10.5 Å². The molecule has 1 fully saturated rings. The lowest BCUT2D eigenvalue weighted by Crippen LogP contribution is -2.47. The highest BCUT2D eigenvalue weighted by Crippen LogP contribution is 2.27. The third kappa shape index (κ3) is 3.72. The molecule has 2 N–H and O–H groups in total. The fourth-order valence-electron chi connectivity index (χ4n) is 2.18. The Morgan fingerprint density at radius 2 is 2.00 bits per heavy atom. The summed E-state index contributed by atoms with van der Waals surface area (Å²) in [6.45, 7) is -2.48. The van der Waals surface area contributed by atoms with Gasteiger partial charge in [0.15, 0.2) is 11.6 Å². The first-order valence-electron chi connectivity index (χ1n) is 6.35. The van der Waals surface area contributed by atoms with Crippen LogP contribution in [-0.2, 0) is 9.53 Å². The SMILES string of the molecule is NC1COC(c2cccc(F)c2F)CN(CC(F)(F)F)C1=O. The highest BCUT2D eigenvalue weighted by Gasteiger charge is 2.38. The monoisotopic (exact) mass is 324 g/mol. The molecule has 2 atom stereocenters. The van der Waals surface area contributed by atoms with Crippen LogP contribution in [0.1, 0.15) is 11.7 Å². The highest BCUT2D eigenvalue weighted by atomic mass is 19.4. The van der Waals surface area contributed by atoms with E-state index in [1.165, 1.54) is 12.1 Å². The smallest absolute Gasteiger partial charge is 0.369 e. The minimum absolute atomic E-state index is 0.255. The summed E-state index contributed by atoms with van der Waals surface area (Å²) in [7, 11) is 0. The molecular weight excluding hydrogens is 311 g/mol. The highest BCUT2D eigenvalue weighted by molar-refractivity contribution is 5.82. The maximum atomic E-state index is 13.8. The van der Waals surface area contributed by atoms with Gasteiger partial charge in [0, 0.05) is 5.56 Å². The van der Waals surface area contributed by atoms with Crippen LogP contribution in [0.3, 0.4) is 0 Å². The minimum Gasteiger partial charge on any atom is -0.369 e. The van der Waals surface area contributed by atoms with Crippen molar-refractivity contribution in [1.82, 2.24) is 4.90 Å². The summed E-state index contributed by atoms with van der Waals surface area (Å²) in [5.41, 5.74) is 5.19. The number of hydrogen-bond acceptors (Lipinski definition) is 3. The van der Waals surface area contributed by atoms with Crippen molar-refractivity contribution < 1.29 is 31.5 Å². The van der Waals surface area contributed by atoms with Crippen LogP contribution in [0.25, 0.3) is 0 Å². The molecule has 0 radical (unpaired) electrons. The molecule has 2 unspecified atom stereocenters. The Balaban J connectivity index is 2.29. The number of carbonyl (C=O) groups is 1. The van der Waals surface area contributed by atoms with Gasteiger partial charge in [0.05, 0.1) is 13.2 Å². The molecule has 1 saturated heterocycles. The van der Waals surface area contributed by atoms with Crippen LogP contribution in [0.4, 0.5) is 22.0 Å². The van der Waals surface area contributed by atoms with Gasteiger partial charge in [-0.15, -0.1) is 0 Å². The third-order valence-electron chi connectivity index (χ3n) is 3.19. The molecule has 0 spiro atoms. The van der Waals surface area contributed by atoms with E-state index in [0.717, 1.165) is 6.07 Å². The summed E-state index contributed by atoms with van der Waals surface area (Å²) in [6.07, 6.45) is -5.86. The molecule has 22 heavy (non-hydrogen) atoms. The van der Waals surface area contributed by atoms with E-state index in [1.807, 2.05) is 0 Å². The molecule has 1 aliphatic heterocycles. The molecule has 0 bridgehead atoms. The maximum absolute atomic E-state index is 13.8. The Morgan fingerprint density at radius 1 is 1.32 bits per heavy atom. The second kappa shape index (κ2) is 6.17. The molecule has 1 aromatic rings. The topological polar surface area (TPSA) is 55.6 Å². The third-order valence-corrected chi connectivity index (χ3v) is 3.19. The van der Waals surface area contributed by atoms with Gasteiger partial charge < -0.3 is 15.4 Å². The number of benzene rings is 1. The second-order valence-electron chi connectivity index (χ2n) is 4.91. The second-order valence-corrected chi connectivity index (χ2v) is 4.91. The Hall–Kier alpha value is -1.74. The molecule has 122 valence electrons. The Morgan fingerprint density at radius 3 is 2.64 bits per heavy atom. The first kappa shape index (κ1) is 16.6. The van der Waals surface area contributed by atoms with Crippen molar-refractivity contribution >= 4 is 5.91 Å². The van der Waals surface area contributed by atoms with Gasteiger partial charge in [0.25, 0.3) is 0 Å². The van der Waals surface area contributed by atoms with Crippen molar-refractivity contribution in [3.8, 4) is 0 Å². The van der Waals surface area contributed by atoms with Crippen LogP contribution in [0.2, 0.25) is 0 Å². The molecule has 1 heterocycles. The van der Waals surface area contributed by atoms with Crippen molar-refractivity contribution in [3.63, 3.8) is 0 Å². The van der Waals surface area contributed by atoms with Crippen LogP contribution < -0.4 is 5.73 Å². The molecule has 1 aliphatic rings. The number of halogens is 5. The van der Waals surface area contributed by atoms with Gasteiger partial charge >= 0.3 is 6.18 Å². The van der Waals surface area contributed by atoms with E-state index < -0.39 is 49.0 Å².